The number of ether oxygens (including phenoxy) is 1. The molecule has 25 heavy (non-hydrogen) atoms. The number of aromatic nitrogens is 2. The van der Waals surface area contributed by atoms with Crippen molar-refractivity contribution in [1.29, 1.82) is 0 Å². The molecular formula is C19H18N4O2. The first kappa shape index (κ1) is 16.4. The topological polar surface area (TPSA) is 76.1 Å². The number of hydrogen-bond donors (Lipinski definition) is 2. The molecule has 1 heterocycles. The Morgan fingerprint density at radius 1 is 1.04 bits per heavy atom. The standard InChI is InChI=1S/C19H18N4O2/c1-13-6-3-4-9-16(13)23-18-12-20-17(11-21-18)19(24)22-14-7-5-8-15(10-14)25-2/h3-12H,1-2H3,(H,21,23)(H,22,24). The summed E-state index contributed by atoms with van der Waals surface area (Å²) >= 11 is 0. The molecule has 0 bridgehead atoms. The number of benzene rings is 2. The SMILES string of the molecule is COc1cccc(NC(=O)c2cnc(Nc3ccccc3C)cn2)c1. The Bertz CT molecular complexity index is 879. The molecular weight excluding hydrogens is 316 g/mol. The van der Waals surface area contributed by atoms with Gasteiger partial charge in [0.1, 0.15) is 17.3 Å². The molecule has 6 nitrogen and oxygen atoms in total. The van der Waals surface area contributed by atoms with Crippen LogP contribution in [0.3, 0.4) is 0 Å². The van der Waals surface area contributed by atoms with Crippen molar-refractivity contribution in [1.82, 2.24) is 9.97 Å². The van der Waals surface area contributed by atoms with E-state index in [0.717, 1.165) is 11.3 Å². The van der Waals surface area contributed by atoms with E-state index >= 15 is 0 Å². The number of nitrogens with zero attached hydrogens (tertiary/aromatic N) is 2. The van der Waals surface area contributed by atoms with E-state index in [-0.39, 0.29) is 11.6 Å². The van der Waals surface area contributed by atoms with E-state index in [9.17, 15) is 4.79 Å². The maximum absolute atomic E-state index is 12.3. The number of rotatable bonds is 5. The molecule has 6 heteroatoms. The lowest BCUT2D eigenvalue weighted by molar-refractivity contribution is 0.102. The van der Waals surface area contributed by atoms with Crippen LogP contribution in [0.2, 0.25) is 0 Å². The highest BCUT2D eigenvalue weighted by atomic mass is 16.5. The highest BCUT2D eigenvalue weighted by Gasteiger charge is 2.09. The van der Waals surface area contributed by atoms with Crippen molar-refractivity contribution in [3.8, 4) is 5.75 Å². The van der Waals surface area contributed by atoms with Gasteiger partial charge < -0.3 is 15.4 Å². The minimum absolute atomic E-state index is 0.234. The lowest BCUT2D eigenvalue weighted by Crippen LogP contribution is -2.14. The summed E-state index contributed by atoms with van der Waals surface area (Å²) in [5.74, 6) is 0.914. The van der Waals surface area contributed by atoms with Gasteiger partial charge in [-0.2, -0.15) is 0 Å². The number of carbonyl (C=O) groups is 1. The van der Waals surface area contributed by atoms with Gasteiger partial charge in [-0.1, -0.05) is 24.3 Å². The summed E-state index contributed by atoms with van der Waals surface area (Å²) in [7, 11) is 1.58. The molecule has 0 aliphatic rings. The van der Waals surface area contributed by atoms with E-state index in [4.69, 9.17) is 4.74 Å². The summed E-state index contributed by atoms with van der Waals surface area (Å²) in [6, 6.07) is 15.0. The number of methoxy groups -OCH3 is 1. The van der Waals surface area contributed by atoms with Crippen molar-refractivity contribution in [3.05, 3.63) is 72.2 Å². The third kappa shape index (κ3) is 4.11. The molecule has 0 aliphatic carbocycles. The third-order valence-corrected chi connectivity index (χ3v) is 3.62. The van der Waals surface area contributed by atoms with Crippen LogP contribution in [0.1, 0.15) is 16.1 Å². The van der Waals surface area contributed by atoms with Crippen LogP contribution >= 0.6 is 0 Å². The number of carbonyl (C=O) groups excluding carboxylic acids is 1. The molecule has 0 saturated heterocycles. The van der Waals surface area contributed by atoms with Crippen LogP contribution < -0.4 is 15.4 Å². The molecule has 1 aromatic heterocycles. The lowest BCUT2D eigenvalue weighted by Gasteiger charge is -2.09. The van der Waals surface area contributed by atoms with Crippen molar-refractivity contribution < 1.29 is 9.53 Å². The van der Waals surface area contributed by atoms with E-state index < -0.39 is 0 Å². The summed E-state index contributed by atoms with van der Waals surface area (Å²) in [6.45, 7) is 2.01. The van der Waals surface area contributed by atoms with Gasteiger partial charge in [-0.05, 0) is 30.7 Å². The predicted octanol–water partition coefficient (Wildman–Crippen LogP) is 3.79. The quantitative estimate of drug-likeness (QED) is 0.742. The smallest absolute Gasteiger partial charge is 0.275 e. The van der Waals surface area contributed by atoms with E-state index in [0.29, 0.717) is 17.3 Å². The summed E-state index contributed by atoms with van der Waals surface area (Å²) < 4.78 is 5.14. The molecule has 2 N–H and O–H groups in total. The molecule has 1 amide bonds. The Kier molecular flexibility index (Phi) is 4.89. The maximum atomic E-state index is 12.3. The molecule has 0 atom stereocenters. The van der Waals surface area contributed by atoms with Crippen LogP contribution in [-0.2, 0) is 0 Å². The van der Waals surface area contributed by atoms with Crippen molar-refractivity contribution in [2.24, 2.45) is 0 Å². The maximum Gasteiger partial charge on any atom is 0.275 e. The van der Waals surface area contributed by atoms with Crippen LogP contribution in [0.15, 0.2) is 60.9 Å². The van der Waals surface area contributed by atoms with E-state index in [2.05, 4.69) is 20.6 Å². The molecule has 126 valence electrons. The van der Waals surface area contributed by atoms with E-state index in [1.165, 1.54) is 12.4 Å². The Labute approximate surface area is 145 Å². The van der Waals surface area contributed by atoms with Crippen LogP contribution in [-0.4, -0.2) is 23.0 Å². The first-order valence-electron chi connectivity index (χ1n) is 7.76. The fourth-order valence-electron chi connectivity index (χ4n) is 2.26. The molecule has 0 spiro atoms. The Morgan fingerprint density at radius 3 is 2.60 bits per heavy atom. The Hall–Kier alpha value is -3.41. The zero-order chi connectivity index (χ0) is 17.6. The van der Waals surface area contributed by atoms with Crippen LogP contribution in [0, 0.1) is 6.92 Å². The van der Waals surface area contributed by atoms with Gasteiger partial charge in [0.25, 0.3) is 5.91 Å². The number of nitrogens with one attached hydrogen (secondary N) is 2. The average Bonchev–Trinajstić information content (AvgIpc) is 2.64. The van der Waals surface area contributed by atoms with Crippen molar-refractivity contribution in [3.63, 3.8) is 0 Å². The zero-order valence-corrected chi connectivity index (χ0v) is 14.0. The van der Waals surface area contributed by atoms with Gasteiger partial charge in [0.2, 0.25) is 0 Å². The number of aryl methyl sites for hydroxylation is 1. The van der Waals surface area contributed by atoms with E-state index in [1.807, 2.05) is 37.3 Å². The number of anilines is 3. The van der Waals surface area contributed by atoms with Crippen LogP contribution in [0.25, 0.3) is 0 Å². The summed E-state index contributed by atoms with van der Waals surface area (Å²) in [6.07, 6.45) is 2.98. The van der Waals surface area contributed by atoms with Gasteiger partial charge >= 0.3 is 0 Å². The second kappa shape index (κ2) is 7.44. The molecule has 0 fully saturated rings. The number of hydrogen-bond acceptors (Lipinski definition) is 5. The molecule has 0 saturated carbocycles. The first-order chi connectivity index (χ1) is 12.2. The summed E-state index contributed by atoms with van der Waals surface area (Å²) in [5, 5.41) is 5.95. The largest absolute Gasteiger partial charge is 0.497 e. The fourth-order valence-corrected chi connectivity index (χ4v) is 2.26. The first-order valence-corrected chi connectivity index (χ1v) is 7.76. The highest BCUT2D eigenvalue weighted by molar-refractivity contribution is 6.02. The summed E-state index contributed by atoms with van der Waals surface area (Å²) in [5.41, 5.74) is 2.92. The van der Waals surface area contributed by atoms with Gasteiger partial charge in [-0.3, -0.25) is 4.79 Å². The lowest BCUT2D eigenvalue weighted by atomic mass is 10.2. The minimum atomic E-state index is -0.330. The highest BCUT2D eigenvalue weighted by Crippen LogP contribution is 2.19. The zero-order valence-electron chi connectivity index (χ0n) is 14.0. The average molecular weight is 334 g/mol. The Balaban J connectivity index is 1.69. The minimum Gasteiger partial charge on any atom is -0.497 e. The second-order valence-corrected chi connectivity index (χ2v) is 5.41. The molecule has 0 unspecified atom stereocenters. The predicted molar refractivity (Wildman–Crippen MR) is 97.4 cm³/mol. The number of para-hydroxylation sites is 1. The van der Waals surface area contributed by atoms with Gasteiger partial charge in [0, 0.05) is 17.4 Å². The van der Waals surface area contributed by atoms with Crippen molar-refractivity contribution >= 4 is 23.1 Å². The van der Waals surface area contributed by atoms with Crippen molar-refractivity contribution in [2.45, 2.75) is 6.92 Å². The molecule has 2 aromatic carbocycles. The van der Waals surface area contributed by atoms with Crippen LogP contribution in [0.5, 0.6) is 5.75 Å². The van der Waals surface area contributed by atoms with Gasteiger partial charge in [0.15, 0.2) is 0 Å². The van der Waals surface area contributed by atoms with Gasteiger partial charge in [-0.25, -0.2) is 9.97 Å². The normalized spacial score (nSPS) is 10.2. The second-order valence-electron chi connectivity index (χ2n) is 5.41. The molecule has 0 radical (unpaired) electrons. The molecule has 3 rings (SSSR count). The van der Waals surface area contributed by atoms with Crippen molar-refractivity contribution in [2.75, 3.05) is 17.7 Å². The van der Waals surface area contributed by atoms with Gasteiger partial charge in [0.05, 0.1) is 19.5 Å². The summed E-state index contributed by atoms with van der Waals surface area (Å²) in [4.78, 5) is 20.7. The number of amides is 1. The molecule has 0 aliphatic heterocycles. The molecule has 3 aromatic rings. The van der Waals surface area contributed by atoms with Crippen LogP contribution in [0.4, 0.5) is 17.2 Å². The Morgan fingerprint density at radius 2 is 1.88 bits per heavy atom. The monoisotopic (exact) mass is 334 g/mol. The van der Waals surface area contributed by atoms with E-state index in [1.54, 1.807) is 25.3 Å². The van der Waals surface area contributed by atoms with Gasteiger partial charge in [-0.15, -0.1) is 0 Å². The fraction of sp³-hybridized carbons (Fsp3) is 0.105. The third-order valence-electron chi connectivity index (χ3n) is 3.62.